The summed E-state index contributed by atoms with van der Waals surface area (Å²) in [5.41, 5.74) is 0. The third-order valence-electron chi connectivity index (χ3n) is 2.34. The first-order valence-corrected chi connectivity index (χ1v) is 6.05. The van der Waals surface area contributed by atoms with Gasteiger partial charge in [0.15, 0.2) is 0 Å². The molecule has 1 rings (SSSR count). The Kier molecular flexibility index (Phi) is 4.26. The zero-order valence-electron chi connectivity index (χ0n) is 8.90. The van der Waals surface area contributed by atoms with Crippen LogP contribution >= 0.6 is 11.8 Å². The van der Waals surface area contributed by atoms with Crippen molar-refractivity contribution in [2.24, 2.45) is 0 Å². The molecule has 1 aliphatic heterocycles. The number of nitrogens with one attached hydrogen (secondary N) is 1. The topological polar surface area (TPSA) is 69.6 Å². The van der Waals surface area contributed by atoms with Gasteiger partial charge in [0.1, 0.15) is 6.04 Å². The van der Waals surface area contributed by atoms with Crippen LogP contribution in [0.25, 0.3) is 0 Å². The Morgan fingerprint density at radius 2 is 2.27 bits per heavy atom. The van der Waals surface area contributed by atoms with E-state index in [4.69, 9.17) is 5.11 Å². The summed E-state index contributed by atoms with van der Waals surface area (Å²) in [6, 6.07) is -0.943. The molecule has 0 saturated carbocycles. The SMILES string of the molecule is CC(NC(=O)N1CCSCC1C)C(=O)O. The number of carbonyl (C=O) groups is 2. The fraction of sp³-hybridized carbons (Fsp3) is 0.778. The Morgan fingerprint density at radius 1 is 1.60 bits per heavy atom. The van der Waals surface area contributed by atoms with Gasteiger partial charge in [0.25, 0.3) is 0 Å². The Bertz CT molecular complexity index is 260. The quantitative estimate of drug-likeness (QED) is 0.731. The smallest absolute Gasteiger partial charge is 0.325 e. The van der Waals surface area contributed by atoms with Gasteiger partial charge in [-0.3, -0.25) is 4.79 Å². The van der Waals surface area contributed by atoms with Gasteiger partial charge in [0, 0.05) is 24.1 Å². The number of nitrogens with zero attached hydrogens (tertiary/aromatic N) is 1. The Labute approximate surface area is 93.2 Å². The van der Waals surface area contributed by atoms with Crippen LogP contribution in [0, 0.1) is 0 Å². The van der Waals surface area contributed by atoms with Gasteiger partial charge in [-0.25, -0.2) is 4.79 Å². The van der Waals surface area contributed by atoms with Crippen molar-refractivity contribution in [3.8, 4) is 0 Å². The van der Waals surface area contributed by atoms with Gasteiger partial charge in [-0.15, -0.1) is 0 Å². The van der Waals surface area contributed by atoms with Crippen LogP contribution in [-0.2, 0) is 4.79 Å². The van der Waals surface area contributed by atoms with Gasteiger partial charge >= 0.3 is 12.0 Å². The van der Waals surface area contributed by atoms with Gasteiger partial charge in [0.2, 0.25) is 0 Å². The molecule has 1 heterocycles. The van der Waals surface area contributed by atoms with E-state index in [2.05, 4.69) is 5.32 Å². The van der Waals surface area contributed by atoms with Crippen molar-refractivity contribution in [2.75, 3.05) is 18.1 Å². The maximum absolute atomic E-state index is 11.7. The predicted octanol–water partition coefficient (Wildman–Crippen LogP) is 0.606. The highest BCUT2D eigenvalue weighted by atomic mass is 32.2. The zero-order chi connectivity index (χ0) is 11.4. The molecule has 2 N–H and O–H groups in total. The number of hydrogen-bond donors (Lipinski definition) is 2. The fourth-order valence-corrected chi connectivity index (χ4v) is 2.37. The summed E-state index contributed by atoms with van der Waals surface area (Å²) in [4.78, 5) is 23.9. The number of carboxylic acid groups (broad SMARTS) is 1. The molecule has 0 aromatic carbocycles. The van der Waals surface area contributed by atoms with Crippen LogP contribution in [0.5, 0.6) is 0 Å². The third kappa shape index (κ3) is 3.30. The van der Waals surface area contributed by atoms with E-state index in [0.29, 0.717) is 6.54 Å². The molecule has 0 aliphatic carbocycles. The highest BCUT2D eigenvalue weighted by Gasteiger charge is 2.25. The molecule has 0 aromatic rings. The second kappa shape index (κ2) is 5.25. The molecule has 2 amide bonds. The number of urea groups is 1. The lowest BCUT2D eigenvalue weighted by Gasteiger charge is -2.33. The first-order chi connectivity index (χ1) is 7.02. The summed E-state index contributed by atoms with van der Waals surface area (Å²) in [6.45, 7) is 4.12. The van der Waals surface area contributed by atoms with Crippen molar-refractivity contribution in [1.82, 2.24) is 10.2 Å². The lowest BCUT2D eigenvalue weighted by atomic mass is 10.3. The second-order valence-electron chi connectivity index (χ2n) is 3.63. The van der Waals surface area contributed by atoms with Gasteiger partial charge in [-0.05, 0) is 13.8 Å². The second-order valence-corrected chi connectivity index (χ2v) is 4.78. The maximum Gasteiger partial charge on any atom is 0.325 e. The molecule has 0 bridgehead atoms. The molecule has 5 nitrogen and oxygen atoms in total. The maximum atomic E-state index is 11.7. The van der Waals surface area contributed by atoms with Crippen LogP contribution in [0.4, 0.5) is 4.79 Å². The van der Waals surface area contributed by atoms with Crippen LogP contribution in [-0.4, -0.2) is 52.1 Å². The molecule has 0 radical (unpaired) electrons. The lowest BCUT2D eigenvalue weighted by molar-refractivity contribution is -0.138. The molecule has 86 valence electrons. The first-order valence-electron chi connectivity index (χ1n) is 4.90. The predicted molar refractivity (Wildman–Crippen MR) is 59.1 cm³/mol. The molecule has 2 unspecified atom stereocenters. The van der Waals surface area contributed by atoms with E-state index in [-0.39, 0.29) is 12.1 Å². The third-order valence-corrected chi connectivity index (χ3v) is 3.53. The average Bonchev–Trinajstić information content (AvgIpc) is 2.18. The van der Waals surface area contributed by atoms with Crippen molar-refractivity contribution in [1.29, 1.82) is 0 Å². The average molecular weight is 232 g/mol. The summed E-state index contributed by atoms with van der Waals surface area (Å²) >= 11 is 1.81. The molecule has 6 heteroatoms. The number of thioether (sulfide) groups is 1. The Morgan fingerprint density at radius 3 is 2.80 bits per heavy atom. The van der Waals surface area contributed by atoms with E-state index in [1.165, 1.54) is 6.92 Å². The molecule has 0 spiro atoms. The molecule has 1 aliphatic rings. The van der Waals surface area contributed by atoms with E-state index in [1.807, 2.05) is 18.7 Å². The molecular weight excluding hydrogens is 216 g/mol. The van der Waals surface area contributed by atoms with Crippen molar-refractivity contribution >= 4 is 23.8 Å². The normalized spacial score (nSPS) is 23.3. The van der Waals surface area contributed by atoms with Crippen molar-refractivity contribution in [3.05, 3.63) is 0 Å². The van der Waals surface area contributed by atoms with Gasteiger partial charge in [0.05, 0.1) is 0 Å². The summed E-state index contributed by atoms with van der Waals surface area (Å²) in [6.07, 6.45) is 0. The Hall–Kier alpha value is -0.910. The number of aliphatic carboxylic acids is 1. The van der Waals surface area contributed by atoms with E-state index >= 15 is 0 Å². The molecular formula is C9H16N2O3S. The monoisotopic (exact) mass is 232 g/mol. The number of carbonyl (C=O) groups excluding carboxylic acids is 1. The highest BCUT2D eigenvalue weighted by molar-refractivity contribution is 7.99. The van der Waals surface area contributed by atoms with Crippen LogP contribution in [0.1, 0.15) is 13.8 Å². The molecule has 1 fully saturated rings. The summed E-state index contributed by atoms with van der Waals surface area (Å²) < 4.78 is 0. The number of amides is 2. The molecule has 2 atom stereocenters. The van der Waals surface area contributed by atoms with E-state index in [1.54, 1.807) is 4.90 Å². The van der Waals surface area contributed by atoms with Gasteiger partial charge in [-0.2, -0.15) is 11.8 Å². The lowest BCUT2D eigenvalue weighted by Crippen LogP contribution is -2.52. The van der Waals surface area contributed by atoms with E-state index < -0.39 is 12.0 Å². The first kappa shape index (κ1) is 12.2. The van der Waals surface area contributed by atoms with Crippen LogP contribution in [0.15, 0.2) is 0 Å². The van der Waals surface area contributed by atoms with Crippen LogP contribution < -0.4 is 5.32 Å². The van der Waals surface area contributed by atoms with E-state index in [9.17, 15) is 9.59 Å². The van der Waals surface area contributed by atoms with Crippen molar-refractivity contribution in [3.63, 3.8) is 0 Å². The minimum atomic E-state index is -1.01. The van der Waals surface area contributed by atoms with Crippen molar-refractivity contribution in [2.45, 2.75) is 25.9 Å². The van der Waals surface area contributed by atoms with E-state index in [0.717, 1.165) is 11.5 Å². The number of carboxylic acids is 1. The summed E-state index contributed by atoms with van der Waals surface area (Å²) in [5.74, 6) is 0.816. The molecule has 1 saturated heterocycles. The minimum Gasteiger partial charge on any atom is -0.480 e. The van der Waals surface area contributed by atoms with Gasteiger partial charge in [-0.1, -0.05) is 0 Å². The van der Waals surface area contributed by atoms with Crippen LogP contribution in [0.2, 0.25) is 0 Å². The molecule has 0 aromatic heterocycles. The minimum absolute atomic E-state index is 0.171. The number of hydrogen-bond acceptors (Lipinski definition) is 3. The summed E-state index contributed by atoms with van der Waals surface area (Å²) in [7, 11) is 0. The summed E-state index contributed by atoms with van der Waals surface area (Å²) in [5, 5.41) is 11.1. The largest absolute Gasteiger partial charge is 0.480 e. The molecule has 15 heavy (non-hydrogen) atoms. The Balaban J connectivity index is 2.48. The number of rotatable bonds is 2. The van der Waals surface area contributed by atoms with Gasteiger partial charge < -0.3 is 15.3 Å². The highest BCUT2D eigenvalue weighted by Crippen LogP contribution is 2.15. The van der Waals surface area contributed by atoms with Crippen LogP contribution in [0.3, 0.4) is 0 Å². The van der Waals surface area contributed by atoms with Crippen molar-refractivity contribution < 1.29 is 14.7 Å². The fourth-order valence-electron chi connectivity index (χ4n) is 1.36. The zero-order valence-corrected chi connectivity index (χ0v) is 9.71. The standard InChI is InChI=1S/C9H16N2O3S/c1-6-5-15-4-3-11(6)9(14)10-7(2)8(12)13/h6-7H,3-5H2,1-2H3,(H,10,14)(H,12,13).